The fraction of sp³-hybridized carbons (Fsp3) is 0.647. The summed E-state index contributed by atoms with van der Waals surface area (Å²) in [5, 5.41) is 3.54. The molecular formula is C17H28FN. The van der Waals surface area contributed by atoms with Crippen LogP contribution < -0.4 is 5.32 Å². The molecule has 0 aliphatic carbocycles. The van der Waals surface area contributed by atoms with Crippen molar-refractivity contribution in [2.45, 2.75) is 59.4 Å². The highest BCUT2D eigenvalue weighted by Crippen LogP contribution is 2.22. The Balaban J connectivity index is 2.68. The Hall–Kier alpha value is -0.890. The van der Waals surface area contributed by atoms with Gasteiger partial charge < -0.3 is 5.32 Å². The van der Waals surface area contributed by atoms with E-state index in [0.29, 0.717) is 0 Å². The Bertz CT molecular complexity index is 374. The van der Waals surface area contributed by atoms with Crippen molar-refractivity contribution in [2.24, 2.45) is 5.92 Å². The summed E-state index contributed by atoms with van der Waals surface area (Å²) < 4.78 is 13.7. The molecule has 1 aromatic carbocycles. The Morgan fingerprint density at radius 1 is 1.21 bits per heavy atom. The van der Waals surface area contributed by atoms with E-state index in [1.807, 2.05) is 13.0 Å². The van der Waals surface area contributed by atoms with Crippen LogP contribution in [0.3, 0.4) is 0 Å². The van der Waals surface area contributed by atoms with Crippen molar-refractivity contribution >= 4 is 0 Å². The third-order valence-corrected chi connectivity index (χ3v) is 3.51. The van der Waals surface area contributed by atoms with Gasteiger partial charge in [0.15, 0.2) is 0 Å². The molecule has 108 valence electrons. The normalized spacial score (nSPS) is 12.9. The number of rotatable bonds is 8. The molecule has 0 fully saturated rings. The maximum Gasteiger partial charge on any atom is 0.126 e. The van der Waals surface area contributed by atoms with Crippen molar-refractivity contribution in [3.05, 3.63) is 35.1 Å². The van der Waals surface area contributed by atoms with Gasteiger partial charge in [-0.3, -0.25) is 0 Å². The first-order valence-electron chi connectivity index (χ1n) is 7.54. The first kappa shape index (κ1) is 16.2. The molecule has 0 saturated carbocycles. The Kier molecular flexibility index (Phi) is 7.07. The van der Waals surface area contributed by atoms with Crippen molar-refractivity contribution in [3.63, 3.8) is 0 Å². The van der Waals surface area contributed by atoms with Gasteiger partial charge in [0.1, 0.15) is 5.82 Å². The van der Waals surface area contributed by atoms with Gasteiger partial charge in [-0.1, -0.05) is 45.7 Å². The van der Waals surface area contributed by atoms with Crippen LogP contribution in [-0.4, -0.2) is 6.54 Å². The zero-order chi connectivity index (χ0) is 14.3. The van der Waals surface area contributed by atoms with Gasteiger partial charge in [-0.05, 0) is 49.4 Å². The molecule has 0 spiro atoms. The summed E-state index contributed by atoms with van der Waals surface area (Å²) in [6, 6.07) is 5.92. The fourth-order valence-electron chi connectivity index (χ4n) is 2.26. The minimum atomic E-state index is -0.0929. The minimum absolute atomic E-state index is 0.0929. The van der Waals surface area contributed by atoms with Crippen LogP contribution in [0.2, 0.25) is 0 Å². The minimum Gasteiger partial charge on any atom is -0.310 e. The van der Waals surface area contributed by atoms with Gasteiger partial charge in [-0.25, -0.2) is 4.39 Å². The summed E-state index contributed by atoms with van der Waals surface area (Å²) in [5.41, 5.74) is 1.81. The highest BCUT2D eigenvalue weighted by atomic mass is 19.1. The SMILES string of the molecule is CCCNC(CCCC(C)C)c1ccc(C)c(F)c1. The number of hydrogen-bond acceptors (Lipinski definition) is 1. The van der Waals surface area contributed by atoms with E-state index in [1.54, 1.807) is 6.07 Å². The van der Waals surface area contributed by atoms with Crippen molar-refractivity contribution in [1.29, 1.82) is 0 Å². The van der Waals surface area contributed by atoms with E-state index < -0.39 is 0 Å². The van der Waals surface area contributed by atoms with E-state index >= 15 is 0 Å². The number of halogens is 1. The molecule has 0 bridgehead atoms. The lowest BCUT2D eigenvalue weighted by molar-refractivity contribution is 0.446. The van der Waals surface area contributed by atoms with Gasteiger partial charge in [0.2, 0.25) is 0 Å². The van der Waals surface area contributed by atoms with Crippen molar-refractivity contribution < 1.29 is 4.39 Å². The maximum absolute atomic E-state index is 13.7. The molecule has 2 heteroatoms. The molecule has 1 rings (SSSR count). The molecule has 1 unspecified atom stereocenters. The van der Waals surface area contributed by atoms with E-state index in [-0.39, 0.29) is 11.9 Å². The molecule has 0 radical (unpaired) electrons. The number of benzene rings is 1. The monoisotopic (exact) mass is 265 g/mol. The average molecular weight is 265 g/mol. The third kappa shape index (κ3) is 5.73. The summed E-state index contributed by atoms with van der Waals surface area (Å²) in [6.07, 6.45) is 4.61. The number of aryl methyl sites for hydroxylation is 1. The van der Waals surface area contributed by atoms with Gasteiger partial charge in [0.05, 0.1) is 0 Å². The van der Waals surface area contributed by atoms with Crippen molar-refractivity contribution in [3.8, 4) is 0 Å². The Morgan fingerprint density at radius 3 is 2.53 bits per heavy atom. The number of hydrogen-bond donors (Lipinski definition) is 1. The second-order valence-electron chi connectivity index (χ2n) is 5.84. The summed E-state index contributed by atoms with van der Waals surface area (Å²) in [7, 11) is 0. The van der Waals surface area contributed by atoms with Crippen LogP contribution in [0.4, 0.5) is 4.39 Å². The van der Waals surface area contributed by atoms with Gasteiger partial charge in [-0.15, -0.1) is 0 Å². The molecular weight excluding hydrogens is 237 g/mol. The van der Waals surface area contributed by atoms with Crippen LogP contribution in [0.1, 0.15) is 63.6 Å². The van der Waals surface area contributed by atoms with Gasteiger partial charge in [-0.2, -0.15) is 0 Å². The summed E-state index contributed by atoms with van der Waals surface area (Å²) >= 11 is 0. The van der Waals surface area contributed by atoms with Gasteiger partial charge in [0, 0.05) is 6.04 Å². The van der Waals surface area contributed by atoms with Crippen LogP contribution in [0.15, 0.2) is 18.2 Å². The summed E-state index contributed by atoms with van der Waals surface area (Å²) in [6.45, 7) is 9.46. The summed E-state index contributed by atoms with van der Waals surface area (Å²) in [5.74, 6) is 0.645. The second kappa shape index (κ2) is 8.31. The molecule has 0 heterocycles. The molecule has 1 nitrogen and oxygen atoms in total. The fourth-order valence-corrected chi connectivity index (χ4v) is 2.26. The van der Waals surface area contributed by atoms with E-state index in [0.717, 1.165) is 36.4 Å². The smallest absolute Gasteiger partial charge is 0.126 e. The molecule has 19 heavy (non-hydrogen) atoms. The molecule has 0 saturated heterocycles. The standard InChI is InChI=1S/C17H28FN/c1-5-11-19-17(8-6-7-13(2)3)15-10-9-14(4)16(18)12-15/h9-10,12-13,17,19H,5-8,11H2,1-4H3. The Labute approximate surface area is 117 Å². The topological polar surface area (TPSA) is 12.0 Å². The molecule has 0 aliphatic rings. The molecule has 0 amide bonds. The molecule has 1 atom stereocenters. The van der Waals surface area contributed by atoms with E-state index in [2.05, 4.69) is 32.2 Å². The zero-order valence-electron chi connectivity index (χ0n) is 12.8. The van der Waals surface area contributed by atoms with Crippen LogP contribution in [0, 0.1) is 18.7 Å². The van der Waals surface area contributed by atoms with Crippen molar-refractivity contribution in [2.75, 3.05) is 6.54 Å². The van der Waals surface area contributed by atoms with Crippen LogP contribution in [0.5, 0.6) is 0 Å². The first-order chi connectivity index (χ1) is 9.04. The highest BCUT2D eigenvalue weighted by Gasteiger charge is 2.12. The number of nitrogens with one attached hydrogen (secondary N) is 1. The predicted octanol–water partition coefficient (Wildman–Crippen LogP) is 5.00. The lowest BCUT2D eigenvalue weighted by atomic mass is 9.97. The van der Waals surface area contributed by atoms with Crippen LogP contribution in [0.25, 0.3) is 0 Å². The zero-order valence-corrected chi connectivity index (χ0v) is 12.8. The largest absolute Gasteiger partial charge is 0.310 e. The molecule has 1 N–H and O–H groups in total. The lowest BCUT2D eigenvalue weighted by Crippen LogP contribution is -2.22. The lowest BCUT2D eigenvalue weighted by Gasteiger charge is -2.20. The van der Waals surface area contributed by atoms with Crippen molar-refractivity contribution in [1.82, 2.24) is 5.32 Å². The average Bonchev–Trinajstić information content (AvgIpc) is 2.36. The quantitative estimate of drug-likeness (QED) is 0.697. The molecule has 1 aromatic rings. The van der Waals surface area contributed by atoms with E-state index in [1.165, 1.54) is 12.8 Å². The van der Waals surface area contributed by atoms with Gasteiger partial charge in [0.25, 0.3) is 0 Å². The predicted molar refractivity (Wildman–Crippen MR) is 80.9 cm³/mol. The van der Waals surface area contributed by atoms with Crippen LogP contribution >= 0.6 is 0 Å². The van der Waals surface area contributed by atoms with E-state index in [4.69, 9.17) is 0 Å². The third-order valence-electron chi connectivity index (χ3n) is 3.51. The summed E-state index contributed by atoms with van der Waals surface area (Å²) in [4.78, 5) is 0. The first-order valence-corrected chi connectivity index (χ1v) is 7.54. The maximum atomic E-state index is 13.7. The van der Waals surface area contributed by atoms with Gasteiger partial charge >= 0.3 is 0 Å². The van der Waals surface area contributed by atoms with E-state index in [9.17, 15) is 4.39 Å². The Morgan fingerprint density at radius 2 is 1.95 bits per heavy atom. The highest BCUT2D eigenvalue weighted by molar-refractivity contribution is 5.25. The second-order valence-corrected chi connectivity index (χ2v) is 5.84. The van der Waals surface area contributed by atoms with Crippen LogP contribution in [-0.2, 0) is 0 Å². The molecule has 0 aliphatic heterocycles. The molecule has 0 aromatic heterocycles.